The Kier molecular flexibility index (Phi) is 7.69. The van der Waals surface area contributed by atoms with E-state index >= 15 is 0 Å². The Morgan fingerprint density at radius 1 is 1.14 bits per heavy atom. The van der Waals surface area contributed by atoms with Crippen molar-refractivity contribution in [3.8, 4) is 16.3 Å². The van der Waals surface area contributed by atoms with Crippen molar-refractivity contribution in [1.82, 2.24) is 15.1 Å². The van der Waals surface area contributed by atoms with Gasteiger partial charge in [0.1, 0.15) is 18.1 Å². The first-order valence-corrected chi connectivity index (χ1v) is 14.5. The zero-order valence-corrected chi connectivity index (χ0v) is 23.0. The van der Waals surface area contributed by atoms with E-state index in [0.29, 0.717) is 17.4 Å². The van der Waals surface area contributed by atoms with E-state index in [1.54, 1.807) is 16.2 Å². The summed E-state index contributed by atoms with van der Waals surface area (Å²) < 4.78 is 1.83. The number of carbonyl (C=O) groups excluding carboxylic acids is 2. The standard InChI is InChI=1S/C28H27ClN4O2S2/c1-3-14-30-23(34)16-32-24(35)17-37-27(19-10-5-6-11-20(19)29)25-26(22-13-8-15-36-22)31-33(28(25)32)21-12-7-4-9-18(21)2/h4-13,15,27H,3,14,16-17H2,1-2H3,(H,30,34)/t27-/m0/s1. The van der Waals surface area contributed by atoms with Crippen LogP contribution in [0.25, 0.3) is 16.3 Å². The van der Waals surface area contributed by atoms with Crippen LogP contribution in [0.2, 0.25) is 5.02 Å². The molecule has 1 aliphatic heterocycles. The normalized spacial score (nSPS) is 15.4. The SMILES string of the molecule is CCCNC(=O)CN1C(=O)CS[C@@H](c2ccccc2Cl)c2c(-c3cccs3)nn(-c3ccccc3C)c21. The number of rotatable bonds is 7. The van der Waals surface area contributed by atoms with E-state index in [2.05, 4.69) is 5.32 Å². The van der Waals surface area contributed by atoms with Crippen molar-refractivity contribution in [3.05, 3.63) is 87.8 Å². The highest BCUT2D eigenvalue weighted by molar-refractivity contribution is 8.00. The summed E-state index contributed by atoms with van der Waals surface area (Å²) in [4.78, 5) is 29.2. The first kappa shape index (κ1) is 25.6. The van der Waals surface area contributed by atoms with Crippen LogP contribution in [0.1, 0.15) is 35.3 Å². The maximum absolute atomic E-state index is 13.7. The molecule has 9 heteroatoms. The minimum atomic E-state index is -0.244. The van der Waals surface area contributed by atoms with Gasteiger partial charge in [-0.2, -0.15) is 5.10 Å². The average Bonchev–Trinajstić information content (AvgIpc) is 3.53. The van der Waals surface area contributed by atoms with Gasteiger partial charge in [-0.05, 0) is 48.1 Å². The Labute approximate surface area is 229 Å². The monoisotopic (exact) mass is 550 g/mol. The van der Waals surface area contributed by atoms with Crippen LogP contribution in [-0.2, 0) is 9.59 Å². The topological polar surface area (TPSA) is 67.2 Å². The molecule has 0 bridgehead atoms. The Balaban J connectivity index is 1.80. The van der Waals surface area contributed by atoms with Crippen LogP contribution in [0.4, 0.5) is 5.82 Å². The number of nitrogens with zero attached hydrogens (tertiary/aromatic N) is 3. The second-order valence-corrected chi connectivity index (χ2v) is 11.3. The molecule has 37 heavy (non-hydrogen) atoms. The molecule has 1 N–H and O–H groups in total. The van der Waals surface area contributed by atoms with Crippen molar-refractivity contribution < 1.29 is 9.59 Å². The van der Waals surface area contributed by atoms with Gasteiger partial charge in [0.2, 0.25) is 11.8 Å². The first-order valence-electron chi connectivity index (χ1n) is 12.2. The summed E-state index contributed by atoms with van der Waals surface area (Å²) in [6, 6.07) is 19.7. The Morgan fingerprint density at radius 2 is 1.92 bits per heavy atom. The van der Waals surface area contributed by atoms with Gasteiger partial charge in [-0.25, -0.2) is 4.68 Å². The predicted octanol–water partition coefficient (Wildman–Crippen LogP) is 6.26. The number of amides is 2. The lowest BCUT2D eigenvalue weighted by Crippen LogP contribution is -2.42. The summed E-state index contributed by atoms with van der Waals surface area (Å²) >= 11 is 9.83. The number of anilines is 1. The Bertz CT molecular complexity index is 1430. The van der Waals surface area contributed by atoms with Crippen LogP contribution < -0.4 is 10.2 Å². The van der Waals surface area contributed by atoms with Crippen molar-refractivity contribution in [1.29, 1.82) is 0 Å². The fourth-order valence-corrected chi connectivity index (χ4v) is 6.75. The fourth-order valence-electron chi connectivity index (χ4n) is 4.48. The van der Waals surface area contributed by atoms with Crippen LogP contribution in [0, 0.1) is 6.92 Å². The molecule has 0 aliphatic carbocycles. The third-order valence-corrected chi connectivity index (χ3v) is 8.71. The van der Waals surface area contributed by atoms with Gasteiger partial charge in [0.15, 0.2) is 0 Å². The van der Waals surface area contributed by atoms with Crippen LogP contribution in [-0.4, -0.2) is 40.4 Å². The van der Waals surface area contributed by atoms with Gasteiger partial charge < -0.3 is 5.32 Å². The Morgan fingerprint density at radius 3 is 2.65 bits per heavy atom. The minimum Gasteiger partial charge on any atom is -0.355 e. The van der Waals surface area contributed by atoms with Crippen LogP contribution in [0.5, 0.6) is 0 Å². The number of aromatic nitrogens is 2. The van der Waals surface area contributed by atoms with E-state index in [1.807, 2.05) is 84.6 Å². The lowest BCUT2D eigenvalue weighted by molar-refractivity contribution is -0.122. The molecule has 2 aromatic heterocycles. The molecule has 0 unspecified atom stereocenters. The fraction of sp³-hybridized carbons (Fsp3) is 0.250. The van der Waals surface area contributed by atoms with Gasteiger partial charge in [-0.3, -0.25) is 14.5 Å². The number of thioether (sulfide) groups is 1. The van der Waals surface area contributed by atoms with Crippen LogP contribution in [0.15, 0.2) is 66.0 Å². The highest BCUT2D eigenvalue weighted by Gasteiger charge is 2.38. The van der Waals surface area contributed by atoms with Crippen molar-refractivity contribution in [2.45, 2.75) is 25.5 Å². The van der Waals surface area contributed by atoms with Gasteiger partial charge in [-0.1, -0.05) is 61.0 Å². The van der Waals surface area contributed by atoms with Gasteiger partial charge in [0.05, 0.1) is 21.6 Å². The van der Waals surface area contributed by atoms with E-state index in [-0.39, 0.29) is 29.4 Å². The molecule has 0 fully saturated rings. The summed E-state index contributed by atoms with van der Waals surface area (Å²) in [5.41, 5.74) is 4.47. The number of halogens is 1. The van der Waals surface area contributed by atoms with E-state index in [9.17, 15) is 9.59 Å². The molecule has 4 aromatic rings. The smallest absolute Gasteiger partial charge is 0.240 e. The number of hydrogen-bond donors (Lipinski definition) is 1. The summed E-state index contributed by atoms with van der Waals surface area (Å²) in [6.07, 6.45) is 0.818. The third-order valence-electron chi connectivity index (χ3n) is 6.25. The molecule has 3 heterocycles. The molecule has 2 amide bonds. The first-order chi connectivity index (χ1) is 18.0. The van der Waals surface area contributed by atoms with Crippen LogP contribution >= 0.6 is 34.7 Å². The van der Waals surface area contributed by atoms with E-state index in [0.717, 1.165) is 39.4 Å². The molecule has 6 nitrogen and oxygen atoms in total. The maximum atomic E-state index is 13.7. The molecule has 1 atom stereocenters. The molecular formula is C28H27ClN4O2S2. The summed E-state index contributed by atoms with van der Waals surface area (Å²) in [6.45, 7) is 4.50. The molecule has 5 rings (SSSR count). The Hall–Kier alpha value is -3.07. The number of thiophene rings is 1. The van der Waals surface area contributed by atoms with Crippen molar-refractivity contribution in [2.24, 2.45) is 0 Å². The van der Waals surface area contributed by atoms with Gasteiger partial charge in [0.25, 0.3) is 0 Å². The summed E-state index contributed by atoms with van der Waals surface area (Å²) in [5, 5.41) is 10.4. The lowest BCUT2D eigenvalue weighted by Gasteiger charge is -2.23. The molecule has 0 saturated carbocycles. The molecule has 190 valence electrons. The number of benzene rings is 2. The van der Waals surface area contributed by atoms with E-state index in [1.165, 1.54) is 11.8 Å². The molecule has 2 aromatic carbocycles. The quantitative estimate of drug-likeness (QED) is 0.295. The van der Waals surface area contributed by atoms with Crippen molar-refractivity contribution in [3.63, 3.8) is 0 Å². The number of carbonyl (C=O) groups is 2. The van der Waals surface area contributed by atoms with E-state index in [4.69, 9.17) is 16.7 Å². The number of hydrogen-bond acceptors (Lipinski definition) is 5. The van der Waals surface area contributed by atoms with E-state index < -0.39 is 0 Å². The predicted molar refractivity (Wildman–Crippen MR) is 153 cm³/mol. The lowest BCUT2D eigenvalue weighted by atomic mass is 10.0. The third kappa shape index (κ3) is 5.06. The van der Waals surface area contributed by atoms with Crippen molar-refractivity contribution in [2.75, 3.05) is 23.7 Å². The second kappa shape index (κ2) is 11.1. The summed E-state index contributed by atoms with van der Waals surface area (Å²) in [5.74, 6) is 0.491. The number of aryl methyl sites for hydroxylation is 1. The average molecular weight is 551 g/mol. The molecule has 0 radical (unpaired) electrons. The number of nitrogens with one attached hydrogen (secondary N) is 1. The largest absolute Gasteiger partial charge is 0.355 e. The zero-order chi connectivity index (χ0) is 25.9. The van der Waals surface area contributed by atoms with Gasteiger partial charge in [0, 0.05) is 17.1 Å². The molecule has 0 spiro atoms. The van der Waals surface area contributed by atoms with Crippen LogP contribution in [0.3, 0.4) is 0 Å². The molecular weight excluding hydrogens is 524 g/mol. The second-order valence-electron chi connectivity index (χ2n) is 8.80. The maximum Gasteiger partial charge on any atom is 0.240 e. The number of fused-ring (bicyclic) bond motifs is 1. The zero-order valence-electron chi connectivity index (χ0n) is 20.6. The molecule has 0 saturated heterocycles. The number of para-hydroxylation sites is 1. The highest BCUT2D eigenvalue weighted by Crippen LogP contribution is 2.50. The van der Waals surface area contributed by atoms with Gasteiger partial charge in [-0.15, -0.1) is 23.1 Å². The van der Waals surface area contributed by atoms with Gasteiger partial charge >= 0.3 is 0 Å². The summed E-state index contributed by atoms with van der Waals surface area (Å²) in [7, 11) is 0. The van der Waals surface area contributed by atoms with Crippen molar-refractivity contribution >= 4 is 52.3 Å². The highest BCUT2D eigenvalue weighted by atomic mass is 35.5. The molecule has 1 aliphatic rings. The minimum absolute atomic E-state index is 0.0803.